The van der Waals surface area contributed by atoms with Crippen LogP contribution in [-0.4, -0.2) is 41.1 Å². The highest BCUT2D eigenvalue weighted by molar-refractivity contribution is 5.82. The highest BCUT2D eigenvalue weighted by Gasteiger charge is 2.34. The first kappa shape index (κ1) is 12.8. The Balaban J connectivity index is 1.93. The van der Waals surface area contributed by atoms with Crippen molar-refractivity contribution in [3.05, 3.63) is 0 Å². The average Bonchev–Trinajstić information content (AvgIpc) is 2.86. The summed E-state index contributed by atoms with van der Waals surface area (Å²) in [5, 5.41) is 9.24. The molecule has 98 valence electrons. The molecule has 3 N–H and O–H groups in total. The molecule has 1 saturated heterocycles. The Morgan fingerprint density at radius 1 is 1.24 bits per heavy atom. The molecule has 4 nitrogen and oxygen atoms in total. The number of nitrogens with two attached hydrogens (primary N) is 1. The number of hydrogen-bond donors (Lipinski definition) is 2. The first-order valence-corrected chi connectivity index (χ1v) is 6.91. The minimum absolute atomic E-state index is 0.0112. The van der Waals surface area contributed by atoms with Gasteiger partial charge in [-0.05, 0) is 31.6 Å². The Morgan fingerprint density at radius 3 is 2.59 bits per heavy atom. The quantitative estimate of drug-likeness (QED) is 0.769. The zero-order chi connectivity index (χ0) is 12.3. The first-order chi connectivity index (χ1) is 8.24. The van der Waals surface area contributed by atoms with E-state index in [1.54, 1.807) is 4.90 Å². The SMILES string of the molecule is N[C@H](C(=O)N1CCC[C@H]1CO)C1CCCCC1. The highest BCUT2D eigenvalue weighted by atomic mass is 16.3. The zero-order valence-electron chi connectivity index (χ0n) is 10.5. The van der Waals surface area contributed by atoms with E-state index >= 15 is 0 Å². The van der Waals surface area contributed by atoms with Gasteiger partial charge in [0.05, 0.1) is 18.7 Å². The number of nitrogens with zero attached hydrogens (tertiary/aromatic N) is 1. The van der Waals surface area contributed by atoms with Gasteiger partial charge >= 0.3 is 0 Å². The second-order valence-electron chi connectivity index (χ2n) is 5.43. The highest BCUT2D eigenvalue weighted by Crippen LogP contribution is 2.28. The van der Waals surface area contributed by atoms with E-state index in [2.05, 4.69) is 0 Å². The number of carbonyl (C=O) groups excluding carboxylic acids is 1. The number of likely N-dealkylation sites (tertiary alicyclic amines) is 1. The van der Waals surface area contributed by atoms with Crippen molar-refractivity contribution in [2.75, 3.05) is 13.2 Å². The molecular formula is C13H24N2O2. The number of aliphatic hydroxyl groups is 1. The number of hydrogen-bond acceptors (Lipinski definition) is 3. The van der Waals surface area contributed by atoms with Crippen LogP contribution in [0.25, 0.3) is 0 Å². The largest absolute Gasteiger partial charge is 0.394 e. The van der Waals surface area contributed by atoms with Gasteiger partial charge in [-0.2, -0.15) is 0 Å². The molecule has 0 aromatic rings. The molecule has 2 atom stereocenters. The van der Waals surface area contributed by atoms with Gasteiger partial charge in [0, 0.05) is 6.54 Å². The molecule has 2 rings (SSSR count). The van der Waals surface area contributed by atoms with Gasteiger partial charge in [-0.15, -0.1) is 0 Å². The van der Waals surface area contributed by atoms with Gasteiger partial charge in [0.1, 0.15) is 0 Å². The molecule has 0 bridgehead atoms. The summed E-state index contributed by atoms with van der Waals surface area (Å²) in [4.78, 5) is 14.1. The molecule has 0 radical (unpaired) electrons. The summed E-state index contributed by atoms with van der Waals surface area (Å²) in [5.41, 5.74) is 6.12. The minimum atomic E-state index is -0.345. The predicted molar refractivity (Wildman–Crippen MR) is 66.4 cm³/mol. The Hall–Kier alpha value is -0.610. The Kier molecular flexibility index (Phi) is 4.40. The predicted octanol–water partition coefficient (Wildman–Crippen LogP) is 0.877. The number of aliphatic hydroxyl groups excluding tert-OH is 1. The third-order valence-corrected chi connectivity index (χ3v) is 4.31. The van der Waals surface area contributed by atoms with Crippen LogP contribution in [0, 0.1) is 5.92 Å². The van der Waals surface area contributed by atoms with E-state index in [9.17, 15) is 9.90 Å². The second kappa shape index (κ2) is 5.83. The molecule has 0 spiro atoms. The lowest BCUT2D eigenvalue weighted by Crippen LogP contribution is -2.50. The monoisotopic (exact) mass is 240 g/mol. The van der Waals surface area contributed by atoms with Crippen molar-refractivity contribution >= 4 is 5.91 Å². The molecule has 0 aromatic carbocycles. The fourth-order valence-corrected chi connectivity index (χ4v) is 3.20. The maximum Gasteiger partial charge on any atom is 0.240 e. The molecule has 4 heteroatoms. The van der Waals surface area contributed by atoms with Crippen LogP contribution >= 0.6 is 0 Å². The van der Waals surface area contributed by atoms with Crippen molar-refractivity contribution < 1.29 is 9.90 Å². The molecule has 17 heavy (non-hydrogen) atoms. The van der Waals surface area contributed by atoms with Crippen molar-refractivity contribution in [2.24, 2.45) is 11.7 Å². The first-order valence-electron chi connectivity index (χ1n) is 6.91. The fourth-order valence-electron chi connectivity index (χ4n) is 3.20. The second-order valence-corrected chi connectivity index (χ2v) is 5.43. The molecule has 1 saturated carbocycles. The number of carbonyl (C=O) groups is 1. The van der Waals surface area contributed by atoms with Crippen LogP contribution in [0.2, 0.25) is 0 Å². The summed E-state index contributed by atoms with van der Waals surface area (Å²) in [7, 11) is 0. The topological polar surface area (TPSA) is 66.6 Å². The van der Waals surface area contributed by atoms with Gasteiger partial charge in [0.2, 0.25) is 5.91 Å². The molecule has 0 aromatic heterocycles. The van der Waals surface area contributed by atoms with E-state index in [1.807, 2.05) is 0 Å². The lowest BCUT2D eigenvalue weighted by Gasteiger charge is -2.32. The normalized spacial score (nSPS) is 28.4. The minimum Gasteiger partial charge on any atom is -0.394 e. The summed E-state index contributed by atoms with van der Waals surface area (Å²) in [6.07, 6.45) is 7.77. The van der Waals surface area contributed by atoms with E-state index < -0.39 is 0 Å². The molecule has 1 aliphatic carbocycles. The lowest BCUT2D eigenvalue weighted by atomic mass is 9.83. The van der Waals surface area contributed by atoms with Crippen molar-refractivity contribution in [1.29, 1.82) is 0 Å². The standard InChI is InChI=1S/C13H24N2O2/c14-12(10-5-2-1-3-6-10)13(17)15-8-4-7-11(15)9-16/h10-12,16H,1-9,14H2/t11-,12-/m0/s1. The Bertz CT molecular complexity index is 264. The van der Waals surface area contributed by atoms with Crippen LogP contribution in [0.3, 0.4) is 0 Å². The van der Waals surface area contributed by atoms with E-state index in [-0.39, 0.29) is 24.6 Å². The molecule has 0 unspecified atom stereocenters. The zero-order valence-corrected chi connectivity index (χ0v) is 10.5. The van der Waals surface area contributed by atoms with Crippen molar-refractivity contribution in [2.45, 2.75) is 57.0 Å². The average molecular weight is 240 g/mol. The third kappa shape index (κ3) is 2.80. The molecular weight excluding hydrogens is 216 g/mol. The smallest absolute Gasteiger partial charge is 0.240 e. The maximum absolute atomic E-state index is 12.3. The summed E-state index contributed by atoms with van der Waals surface area (Å²) >= 11 is 0. The Morgan fingerprint density at radius 2 is 1.94 bits per heavy atom. The van der Waals surface area contributed by atoms with Crippen LogP contribution in [-0.2, 0) is 4.79 Å². The number of amides is 1. The van der Waals surface area contributed by atoms with Crippen LogP contribution in [0.1, 0.15) is 44.9 Å². The van der Waals surface area contributed by atoms with Gasteiger partial charge in [-0.1, -0.05) is 19.3 Å². The third-order valence-electron chi connectivity index (χ3n) is 4.31. The lowest BCUT2D eigenvalue weighted by molar-refractivity contribution is -0.135. The van der Waals surface area contributed by atoms with Gasteiger partial charge in [0.25, 0.3) is 0 Å². The van der Waals surface area contributed by atoms with Crippen LogP contribution < -0.4 is 5.73 Å². The Labute approximate surface area is 103 Å². The van der Waals surface area contributed by atoms with Gasteiger partial charge < -0.3 is 15.7 Å². The van der Waals surface area contributed by atoms with E-state index in [4.69, 9.17) is 5.73 Å². The number of rotatable bonds is 3. The molecule has 2 fully saturated rings. The van der Waals surface area contributed by atoms with Gasteiger partial charge in [-0.25, -0.2) is 0 Å². The fraction of sp³-hybridized carbons (Fsp3) is 0.923. The molecule has 1 heterocycles. The van der Waals surface area contributed by atoms with E-state index in [0.717, 1.165) is 32.2 Å². The maximum atomic E-state index is 12.3. The molecule has 1 aliphatic heterocycles. The van der Waals surface area contributed by atoms with Gasteiger partial charge in [0.15, 0.2) is 0 Å². The van der Waals surface area contributed by atoms with Crippen LogP contribution in [0.5, 0.6) is 0 Å². The van der Waals surface area contributed by atoms with Crippen molar-refractivity contribution in [3.8, 4) is 0 Å². The van der Waals surface area contributed by atoms with Crippen LogP contribution in [0.4, 0.5) is 0 Å². The summed E-state index contributed by atoms with van der Waals surface area (Å²) < 4.78 is 0. The van der Waals surface area contributed by atoms with Crippen LogP contribution in [0.15, 0.2) is 0 Å². The van der Waals surface area contributed by atoms with E-state index in [0.29, 0.717) is 5.92 Å². The van der Waals surface area contributed by atoms with Gasteiger partial charge in [-0.3, -0.25) is 4.79 Å². The van der Waals surface area contributed by atoms with E-state index in [1.165, 1.54) is 19.3 Å². The summed E-state index contributed by atoms with van der Waals surface area (Å²) in [6, 6.07) is -0.334. The van der Waals surface area contributed by atoms with Crippen molar-refractivity contribution in [3.63, 3.8) is 0 Å². The van der Waals surface area contributed by atoms with Crippen molar-refractivity contribution in [1.82, 2.24) is 4.90 Å². The summed E-state index contributed by atoms with van der Waals surface area (Å²) in [6.45, 7) is 0.841. The molecule has 1 amide bonds. The molecule has 2 aliphatic rings. The summed E-state index contributed by atoms with van der Waals surface area (Å²) in [5.74, 6) is 0.421.